The number of rotatable bonds is 6. The number of halogens is 1. The third-order valence-electron chi connectivity index (χ3n) is 2.21. The Morgan fingerprint density at radius 2 is 2.50 bits per heavy atom. The molecule has 14 heavy (non-hydrogen) atoms. The SMILES string of the molecule is C=CCCCC(NC)c1sccc1Br. The third-order valence-corrected chi connectivity index (χ3v) is 4.20. The second-order valence-corrected chi connectivity index (χ2v) is 5.00. The van der Waals surface area contributed by atoms with E-state index in [1.165, 1.54) is 22.2 Å². The van der Waals surface area contributed by atoms with Crippen molar-refractivity contribution in [2.75, 3.05) is 7.05 Å². The maximum absolute atomic E-state index is 3.74. The highest BCUT2D eigenvalue weighted by molar-refractivity contribution is 9.10. The number of hydrogen-bond donors (Lipinski definition) is 1. The summed E-state index contributed by atoms with van der Waals surface area (Å²) in [4.78, 5) is 1.40. The maximum Gasteiger partial charge on any atom is 0.0423 e. The van der Waals surface area contributed by atoms with Crippen LogP contribution in [-0.2, 0) is 0 Å². The molecule has 1 nitrogen and oxygen atoms in total. The van der Waals surface area contributed by atoms with E-state index >= 15 is 0 Å². The molecule has 0 spiro atoms. The normalized spacial score (nSPS) is 12.7. The molecule has 0 aliphatic carbocycles. The number of nitrogens with one attached hydrogen (secondary N) is 1. The van der Waals surface area contributed by atoms with Gasteiger partial charge in [-0.25, -0.2) is 0 Å². The summed E-state index contributed by atoms with van der Waals surface area (Å²) in [7, 11) is 2.02. The second-order valence-electron chi connectivity index (χ2n) is 3.19. The van der Waals surface area contributed by atoms with E-state index in [2.05, 4.69) is 39.3 Å². The summed E-state index contributed by atoms with van der Waals surface area (Å²) >= 11 is 5.37. The highest BCUT2D eigenvalue weighted by Crippen LogP contribution is 2.31. The van der Waals surface area contributed by atoms with E-state index in [0.717, 1.165) is 6.42 Å². The van der Waals surface area contributed by atoms with Gasteiger partial charge in [0.05, 0.1) is 0 Å². The maximum atomic E-state index is 3.74. The summed E-state index contributed by atoms with van der Waals surface area (Å²) < 4.78 is 1.22. The molecule has 0 saturated heterocycles. The van der Waals surface area contributed by atoms with E-state index in [9.17, 15) is 0 Å². The van der Waals surface area contributed by atoms with Crippen molar-refractivity contribution in [1.82, 2.24) is 5.32 Å². The predicted molar refractivity (Wildman–Crippen MR) is 67.9 cm³/mol. The topological polar surface area (TPSA) is 12.0 Å². The molecule has 1 aromatic heterocycles. The lowest BCUT2D eigenvalue weighted by Crippen LogP contribution is -2.15. The van der Waals surface area contributed by atoms with Crippen molar-refractivity contribution in [3.63, 3.8) is 0 Å². The lowest BCUT2D eigenvalue weighted by atomic mass is 10.1. The average molecular weight is 274 g/mol. The van der Waals surface area contributed by atoms with Crippen LogP contribution in [0.1, 0.15) is 30.2 Å². The molecule has 0 amide bonds. The fourth-order valence-corrected chi connectivity index (χ4v) is 3.22. The molecule has 0 aliphatic heterocycles. The minimum atomic E-state index is 0.476. The molecule has 0 aliphatic rings. The van der Waals surface area contributed by atoms with Gasteiger partial charge in [-0.2, -0.15) is 0 Å². The van der Waals surface area contributed by atoms with Crippen molar-refractivity contribution in [1.29, 1.82) is 0 Å². The summed E-state index contributed by atoms with van der Waals surface area (Å²) in [5.41, 5.74) is 0. The first-order chi connectivity index (χ1) is 6.79. The monoisotopic (exact) mass is 273 g/mol. The van der Waals surface area contributed by atoms with Crippen LogP contribution in [-0.4, -0.2) is 7.05 Å². The smallest absolute Gasteiger partial charge is 0.0423 e. The number of unbranched alkanes of at least 4 members (excludes halogenated alkanes) is 1. The molecule has 1 aromatic rings. The first-order valence-electron chi connectivity index (χ1n) is 4.80. The van der Waals surface area contributed by atoms with Crippen LogP contribution in [0.2, 0.25) is 0 Å². The molecule has 0 radical (unpaired) electrons. The molecule has 0 bridgehead atoms. The van der Waals surface area contributed by atoms with E-state index in [-0.39, 0.29) is 0 Å². The van der Waals surface area contributed by atoms with Crippen molar-refractivity contribution >= 4 is 27.3 Å². The van der Waals surface area contributed by atoms with Gasteiger partial charge < -0.3 is 5.32 Å². The van der Waals surface area contributed by atoms with E-state index in [0.29, 0.717) is 6.04 Å². The van der Waals surface area contributed by atoms with Crippen LogP contribution < -0.4 is 5.32 Å². The zero-order valence-corrected chi connectivity index (χ0v) is 10.8. The van der Waals surface area contributed by atoms with Gasteiger partial charge in [0, 0.05) is 15.4 Å². The van der Waals surface area contributed by atoms with Crippen LogP contribution in [0.15, 0.2) is 28.6 Å². The van der Waals surface area contributed by atoms with Gasteiger partial charge in [-0.05, 0) is 53.7 Å². The molecule has 1 atom stereocenters. The molecule has 0 saturated carbocycles. The predicted octanol–water partition coefficient (Wildman–Crippen LogP) is 4.13. The Morgan fingerprint density at radius 1 is 1.71 bits per heavy atom. The van der Waals surface area contributed by atoms with Gasteiger partial charge in [0.1, 0.15) is 0 Å². The Bertz CT molecular complexity index is 283. The molecule has 78 valence electrons. The molecule has 1 heterocycles. The van der Waals surface area contributed by atoms with Crippen LogP contribution in [0, 0.1) is 0 Å². The molecule has 0 aromatic carbocycles. The van der Waals surface area contributed by atoms with Crippen molar-refractivity contribution in [3.05, 3.63) is 33.5 Å². The second kappa shape index (κ2) is 6.38. The Labute approximate surface area is 98.4 Å². The van der Waals surface area contributed by atoms with Gasteiger partial charge >= 0.3 is 0 Å². The Kier molecular flexibility index (Phi) is 5.45. The largest absolute Gasteiger partial charge is 0.312 e. The first-order valence-corrected chi connectivity index (χ1v) is 6.48. The van der Waals surface area contributed by atoms with Gasteiger partial charge in [0.2, 0.25) is 0 Å². The summed E-state index contributed by atoms with van der Waals surface area (Å²) in [6.07, 6.45) is 5.44. The van der Waals surface area contributed by atoms with E-state index < -0.39 is 0 Å². The number of allylic oxidation sites excluding steroid dienone is 1. The summed E-state index contributed by atoms with van der Waals surface area (Å²) in [5, 5.41) is 5.47. The van der Waals surface area contributed by atoms with Crippen LogP contribution >= 0.6 is 27.3 Å². The third kappa shape index (κ3) is 3.23. The quantitative estimate of drug-likeness (QED) is 0.607. The minimum Gasteiger partial charge on any atom is -0.312 e. The van der Waals surface area contributed by atoms with Gasteiger partial charge in [0.25, 0.3) is 0 Å². The molecule has 1 rings (SSSR count). The molecular weight excluding hydrogens is 258 g/mol. The summed E-state index contributed by atoms with van der Waals surface area (Å²) in [5.74, 6) is 0. The van der Waals surface area contributed by atoms with Gasteiger partial charge in [-0.15, -0.1) is 17.9 Å². The lowest BCUT2D eigenvalue weighted by Gasteiger charge is -2.14. The highest BCUT2D eigenvalue weighted by Gasteiger charge is 2.12. The molecule has 0 fully saturated rings. The van der Waals surface area contributed by atoms with Gasteiger partial charge in [0.15, 0.2) is 0 Å². The molecule has 1 N–H and O–H groups in total. The average Bonchev–Trinajstić information content (AvgIpc) is 2.60. The van der Waals surface area contributed by atoms with Crippen LogP contribution in [0.3, 0.4) is 0 Å². The first kappa shape index (κ1) is 12.0. The highest BCUT2D eigenvalue weighted by atomic mass is 79.9. The van der Waals surface area contributed by atoms with Crippen molar-refractivity contribution < 1.29 is 0 Å². The molecule has 3 heteroatoms. The van der Waals surface area contributed by atoms with E-state index in [1.807, 2.05) is 13.1 Å². The Hall–Kier alpha value is -0.120. The lowest BCUT2D eigenvalue weighted by molar-refractivity contribution is 0.536. The summed E-state index contributed by atoms with van der Waals surface area (Å²) in [6, 6.07) is 2.59. The van der Waals surface area contributed by atoms with E-state index in [4.69, 9.17) is 0 Å². The summed E-state index contributed by atoms with van der Waals surface area (Å²) in [6.45, 7) is 3.74. The number of thiophene rings is 1. The minimum absolute atomic E-state index is 0.476. The van der Waals surface area contributed by atoms with Gasteiger partial charge in [-0.1, -0.05) is 6.08 Å². The van der Waals surface area contributed by atoms with Crippen LogP contribution in [0.25, 0.3) is 0 Å². The Balaban J connectivity index is 2.54. The van der Waals surface area contributed by atoms with E-state index in [1.54, 1.807) is 11.3 Å². The van der Waals surface area contributed by atoms with Gasteiger partial charge in [-0.3, -0.25) is 0 Å². The van der Waals surface area contributed by atoms with Crippen molar-refractivity contribution in [2.45, 2.75) is 25.3 Å². The van der Waals surface area contributed by atoms with Crippen LogP contribution in [0.4, 0.5) is 0 Å². The van der Waals surface area contributed by atoms with Crippen molar-refractivity contribution in [2.24, 2.45) is 0 Å². The number of hydrogen-bond acceptors (Lipinski definition) is 2. The Morgan fingerprint density at radius 3 is 3.00 bits per heavy atom. The van der Waals surface area contributed by atoms with Crippen molar-refractivity contribution in [3.8, 4) is 0 Å². The molecular formula is C11H16BrNS. The fourth-order valence-electron chi connectivity index (χ4n) is 1.43. The molecule has 1 unspecified atom stereocenters. The van der Waals surface area contributed by atoms with Crippen LogP contribution in [0.5, 0.6) is 0 Å². The zero-order valence-electron chi connectivity index (χ0n) is 8.42. The zero-order chi connectivity index (χ0) is 10.4. The fraction of sp³-hybridized carbons (Fsp3) is 0.455. The standard InChI is InChI=1S/C11H16BrNS/c1-3-4-5-6-10(13-2)11-9(12)7-8-14-11/h3,7-8,10,13H,1,4-6H2,2H3.